The smallest absolute Gasteiger partial charge is 0.346 e. The van der Waals surface area contributed by atoms with Gasteiger partial charge in [-0.05, 0) is 44.0 Å². The first-order valence-corrected chi connectivity index (χ1v) is 5.48. The molecule has 1 rings (SSSR count). The van der Waals surface area contributed by atoms with E-state index >= 15 is 0 Å². The van der Waals surface area contributed by atoms with Gasteiger partial charge in [0, 0.05) is 0 Å². The number of aliphatic hydroxyl groups excluding tert-OH is 1. The van der Waals surface area contributed by atoms with E-state index in [1.807, 2.05) is 13.0 Å². The van der Waals surface area contributed by atoms with Crippen molar-refractivity contribution >= 4 is 5.97 Å². The summed E-state index contributed by atoms with van der Waals surface area (Å²) >= 11 is 0. The van der Waals surface area contributed by atoms with Crippen molar-refractivity contribution < 1.29 is 19.4 Å². The molecule has 17 heavy (non-hydrogen) atoms. The maximum absolute atomic E-state index is 11.2. The minimum absolute atomic E-state index is 0.413. The van der Waals surface area contributed by atoms with Gasteiger partial charge < -0.3 is 14.6 Å². The summed E-state index contributed by atoms with van der Waals surface area (Å²) in [5, 5.41) is 9.43. The third-order valence-electron chi connectivity index (χ3n) is 2.52. The quantitative estimate of drug-likeness (QED) is 0.815. The lowest BCUT2D eigenvalue weighted by Gasteiger charge is -2.15. The van der Waals surface area contributed by atoms with Crippen molar-refractivity contribution in [1.29, 1.82) is 0 Å². The van der Waals surface area contributed by atoms with E-state index < -0.39 is 18.2 Å². The first-order valence-electron chi connectivity index (χ1n) is 5.48. The second-order valence-corrected chi connectivity index (χ2v) is 3.98. The van der Waals surface area contributed by atoms with Gasteiger partial charge in [-0.25, -0.2) is 4.79 Å². The molecule has 0 saturated heterocycles. The average molecular weight is 238 g/mol. The molecule has 4 heteroatoms. The van der Waals surface area contributed by atoms with Crippen LogP contribution in [0.4, 0.5) is 0 Å². The maximum atomic E-state index is 11.2. The monoisotopic (exact) mass is 238 g/mol. The summed E-state index contributed by atoms with van der Waals surface area (Å²) in [7, 11) is 1.32. The average Bonchev–Trinajstić information content (AvgIpc) is 2.30. The summed E-state index contributed by atoms with van der Waals surface area (Å²) < 4.78 is 10.1. The molecule has 0 spiro atoms. The molecule has 1 N–H and O–H groups in total. The lowest BCUT2D eigenvalue weighted by atomic mass is 10.1. The molecule has 4 nitrogen and oxygen atoms in total. The fraction of sp³-hybridized carbons (Fsp3) is 0.462. The molecule has 1 aromatic rings. The van der Waals surface area contributed by atoms with E-state index in [0.717, 1.165) is 11.1 Å². The number of carbonyl (C=O) groups is 1. The van der Waals surface area contributed by atoms with Crippen LogP contribution in [-0.2, 0) is 9.53 Å². The molecule has 0 fully saturated rings. The van der Waals surface area contributed by atoms with Gasteiger partial charge in [0.25, 0.3) is 0 Å². The van der Waals surface area contributed by atoms with Crippen molar-refractivity contribution in [3.8, 4) is 5.75 Å². The van der Waals surface area contributed by atoms with Crippen LogP contribution in [0.2, 0.25) is 0 Å². The van der Waals surface area contributed by atoms with Gasteiger partial charge in [0.05, 0.1) is 13.2 Å². The maximum Gasteiger partial charge on any atom is 0.346 e. The van der Waals surface area contributed by atoms with Gasteiger partial charge in [0.15, 0.2) is 6.10 Å². The molecule has 0 aromatic heterocycles. The lowest BCUT2D eigenvalue weighted by molar-refractivity contribution is -0.147. The Morgan fingerprint density at radius 3 is 2.47 bits per heavy atom. The van der Waals surface area contributed by atoms with E-state index in [4.69, 9.17) is 4.74 Å². The summed E-state index contributed by atoms with van der Waals surface area (Å²) in [6.45, 7) is 5.20. The molecule has 0 radical (unpaired) electrons. The third kappa shape index (κ3) is 3.46. The van der Waals surface area contributed by atoms with Crippen LogP contribution in [0.1, 0.15) is 31.1 Å². The molecule has 1 aromatic carbocycles. The van der Waals surface area contributed by atoms with Crippen molar-refractivity contribution in [2.75, 3.05) is 7.11 Å². The molecule has 94 valence electrons. The van der Waals surface area contributed by atoms with Crippen LogP contribution < -0.4 is 4.74 Å². The molecule has 2 atom stereocenters. The number of carbonyl (C=O) groups excluding carboxylic acids is 1. The highest BCUT2D eigenvalue weighted by atomic mass is 16.6. The van der Waals surface area contributed by atoms with Gasteiger partial charge in [0.2, 0.25) is 0 Å². The first-order chi connectivity index (χ1) is 7.95. The van der Waals surface area contributed by atoms with Crippen molar-refractivity contribution in [3.63, 3.8) is 0 Å². The van der Waals surface area contributed by atoms with Crippen LogP contribution in [0.25, 0.3) is 0 Å². The minimum atomic E-state index is -0.643. The number of methoxy groups -OCH3 is 1. The Bertz CT molecular complexity index is 398. The number of hydrogen-bond donors (Lipinski definition) is 1. The van der Waals surface area contributed by atoms with Crippen molar-refractivity contribution in [3.05, 3.63) is 29.3 Å². The van der Waals surface area contributed by atoms with E-state index in [1.54, 1.807) is 26.0 Å². The minimum Gasteiger partial charge on any atom is -0.479 e. The standard InChI is InChI=1S/C13H18O4/c1-8-7-11(9(2)14)5-6-12(8)17-10(3)13(15)16-4/h5-7,9-10,14H,1-4H3. The highest BCUT2D eigenvalue weighted by Gasteiger charge is 2.16. The van der Waals surface area contributed by atoms with Crippen LogP contribution in [0, 0.1) is 6.92 Å². The van der Waals surface area contributed by atoms with Gasteiger partial charge >= 0.3 is 5.97 Å². The van der Waals surface area contributed by atoms with E-state index in [-0.39, 0.29) is 0 Å². The molecule has 0 aliphatic carbocycles. The van der Waals surface area contributed by atoms with Crippen LogP contribution >= 0.6 is 0 Å². The Labute approximate surface area is 101 Å². The molecule has 0 heterocycles. The summed E-state index contributed by atoms with van der Waals surface area (Å²) in [6, 6.07) is 5.36. The van der Waals surface area contributed by atoms with E-state index in [9.17, 15) is 9.90 Å². The third-order valence-corrected chi connectivity index (χ3v) is 2.52. The predicted molar refractivity (Wildman–Crippen MR) is 63.9 cm³/mol. The molecular formula is C13H18O4. The number of esters is 1. The van der Waals surface area contributed by atoms with Crippen molar-refractivity contribution in [2.45, 2.75) is 33.0 Å². The Morgan fingerprint density at radius 1 is 1.35 bits per heavy atom. The molecule has 0 aliphatic heterocycles. The Kier molecular flexibility index (Phi) is 4.52. The zero-order chi connectivity index (χ0) is 13.0. The van der Waals surface area contributed by atoms with Crippen LogP contribution in [0.5, 0.6) is 5.75 Å². The molecular weight excluding hydrogens is 220 g/mol. The number of benzene rings is 1. The number of aliphatic hydroxyl groups is 1. The summed E-state index contributed by atoms with van der Waals surface area (Å²) in [5.41, 5.74) is 1.69. The van der Waals surface area contributed by atoms with Crippen molar-refractivity contribution in [1.82, 2.24) is 0 Å². The Balaban J connectivity index is 2.83. The highest BCUT2D eigenvalue weighted by Crippen LogP contribution is 2.23. The summed E-state index contributed by atoms with van der Waals surface area (Å²) in [5.74, 6) is 0.205. The molecule has 0 saturated carbocycles. The fourth-order valence-electron chi connectivity index (χ4n) is 1.47. The Morgan fingerprint density at radius 2 is 2.00 bits per heavy atom. The fourth-order valence-corrected chi connectivity index (χ4v) is 1.47. The SMILES string of the molecule is COC(=O)C(C)Oc1ccc(C(C)O)cc1C. The molecule has 0 amide bonds. The second-order valence-electron chi connectivity index (χ2n) is 3.98. The zero-order valence-corrected chi connectivity index (χ0v) is 10.6. The number of hydrogen-bond acceptors (Lipinski definition) is 4. The van der Waals surface area contributed by atoms with E-state index in [2.05, 4.69) is 4.74 Å². The number of aryl methyl sites for hydroxylation is 1. The number of rotatable bonds is 4. The Hall–Kier alpha value is -1.55. The zero-order valence-electron chi connectivity index (χ0n) is 10.6. The second kappa shape index (κ2) is 5.68. The number of ether oxygens (including phenoxy) is 2. The van der Waals surface area contributed by atoms with Gasteiger partial charge in [-0.3, -0.25) is 0 Å². The molecule has 0 aliphatic rings. The van der Waals surface area contributed by atoms with Gasteiger partial charge in [-0.2, -0.15) is 0 Å². The largest absolute Gasteiger partial charge is 0.479 e. The van der Waals surface area contributed by atoms with E-state index in [1.165, 1.54) is 7.11 Å². The van der Waals surface area contributed by atoms with Gasteiger partial charge in [0.1, 0.15) is 5.75 Å². The van der Waals surface area contributed by atoms with Crippen LogP contribution in [0.3, 0.4) is 0 Å². The molecule has 2 unspecified atom stereocenters. The summed E-state index contributed by atoms with van der Waals surface area (Å²) in [4.78, 5) is 11.2. The van der Waals surface area contributed by atoms with Crippen LogP contribution in [0.15, 0.2) is 18.2 Å². The predicted octanol–water partition coefficient (Wildman–Crippen LogP) is 1.99. The van der Waals surface area contributed by atoms with Gasteiger partial charge in [-0.1, -0.05) is 6.07 Å². The van der Waals surface area contributed by atoms with E-state index in [0.29, 0.717) is 5.75 Å². The lowest BCUT2D eigenvalue weighted by Crippen LogP contribution is -2.25. The first kappa shape index (κ1) is 13.5. The van der Waals surface area contributed by atoms with Crippen molar-refractivity contribution in [2.24, 2.45) is 0 Å². The highest BCUT2D eigenvalue weighted by molar-refractivity contribution is 5.74. The molecule has 0 bridgehead atoms. The summed E-state index contributed by atoms with van der Waals surface area (Å²) in [6.07, 6.45) is -1.16. The normalized spacial score (nSPS) is 13.9. The van der Waals surface area contributed by atoms with Crippen LogP contribution in [-0.4, -0.2) is 24.3 Å². The topological polar surface area (TPSA) is 55.8 Å². The van der Waals surface area contributed by atoms with Gasteiger partial charge in [-0.15, -0.1) is 0 Å².